The first kappa shape index (κ1) is 17.6. The fourth-order valence-electron chi connectivity index (χ4n) is 2.53. The highest BCUT2D eigenvalue weighted by Crippen LogP contribution is 2.25. The zero-order valence-corrected chi connectivity index (χ0v) is 14.5. The van der Waals surface area contributed by atoms with E-state index in [1.165, 1.54) is 17.5 Å². The van der Waals surface area contributed by atoms with E-state index < -0.39 is 23.6 Å². The molecule has 132 valence electrons. The summed E-state index contributed by atoms with van der Waals surface area (Å²) in [7, 11) is 0. The molecule has 2 amide bonds. The SMILES string of the molecule is NC(=O)C(=O)C(Cc1ccccc1)NC(=O)c1cn[nH]c1-c1cccs1. The molecule has 2 heterocycles. The number of aromatic nitrogens is 2. The van der Waals surface area contributed by atoms with Crippen LogP contribution in [-0.2, 0) is 16.0 Å². The molecular weight excluding hydrogens is 352 g/mol. The van der Waals surface area contributed by atoms with Gasteiger partial charge in [-0.3, -0.25) is 19.5 Å². The lowest BCUT2D eigenvalue weighted by molar-refractivity contribution is -0.137. The molecule has 0 aliphatic rings. The molecule has 0 radical (unpaired) electrons. The number of hydrogen-bond acceptors (Lipinski definition) is 5. The smallest absolute Gasteiger partial charge is 0.287 e. The summed E-state index contributed by atoms with van der Waals surface area (Å²) in [5.41, 5.74) is 6.79. The molecule has 3 rings (SSSR count). The molecule has 2 aromatic heterocycles. The van der Waals surface area contributed by atoms with Gasteiger partial charge in [0.1, 0.15) is 6.04 Å². The van der Waals surface area contributed by atoms with Crippen LogP contribution in [0.4, 0.5) is 0 Å². The molecule has 0 bridgehead atoms. The molecule has 26 heavy (non-hydrogen) atoms. The van der Waals surface area contributed by atoms with Crippen LogP contribution in [0.3, 0.4) is 0 Å². The van der Waals surface area contributed by atoms with Gasteiger partial charge in [-0.05, 0) is 17.0 Å². The minimum Gasteiger partial charge on any atom is -0.363 e. The van der Waals surface area contributed by atoms with Crippen molar-refractivity contribution < 1.29 is 14.4 Å². The summed E-state index contributed by atoms with van der Waals surface area (Å²) in [4.78, 5) is 37.0. The summed E-state index contributed by atoms with van der Waals surface area (Å²) < 4.78 is 0. The molecule has 8 heteroatoms. The highest BCUT2D eigenvalue weighted by molar-refractivity contribution is 7.13. The van der Waals surface area contributed by atoms with Gasteiger partial charge in [0.15, 0.2) is 0 Å². The molecule has 0 aliphatic carbocycles. The van der Waals surface area contributed by atoms with Gasteiger partial charge in [-0.2, -0.15) is 5.10 Å². The number of primary amides is 1. The van der Waals surface area contributed by atoms with Gasteiger partial charge >= 0.3 is 0 Å². The van der Waals surface area contributed by atoms with Crippen LogP contribution in [0.5, 0.6) is 0 Å². The number of ketones is 1. The van der Waals surface area contributed by atoms with Crippen LogP contribution in [0.2, 0.25) is 0 Å². The van der Waals surface area contributed by atoms with E-state index >= 15 is 0 Å². The molecule has 1 aromatic carbocycles. The summed E-state index contributed by atoms with van der Waals surface area (Å²) >= 11 is 1.45. The van der Waals surface area contributed by atoms with Gasteiger partial charge in [-0.1, -0.05) is 36.4 Å². The molecule has 0 saturated carbocycles. The maximum absolute atomic E-state index is 12.7. The standard InChI is InChI=1S/C18H16N4O3S/c19-17(24)16(23)13(9-11-5-2-1-3-6-11)21-18(25)12-10-20-22-15(12)14-7-4-8-26-14/h1-8,10,13H,9H2,(H2,19,24)(H,20,22)(H,21,25). The topological polar surface area (TPSA) is 118 Å². The summed E-state index contributed by atoms with van der Waals surface area (Å²) in [5.74, 6) is -2.43. The van der Waals surface area contributed by atoms with Crippen molar-refractivity contribution in [2.45, 2.75) is 12.5 Å². The maximum Gasteiger partial charge on any atom is 0.287 e. The van der Waals surface area contributed by atoms with Crippen LogP contribution < -0.4 is 11.1 Å². The third-order valence-electron chi connectivity index (χ3n) is 3.80. The monoisotopic (exact) mass is 368 g/mol. The van der Waals surface area contributed by atoms with Gasteiger partial charge in [0, 0.05) is 6.42 Å². The molecule has 1 atom stereocenters. The zero-order chi connectivity index (χ0) is 18.5. The van der Waals surface area contributed by atoms with Gasteiger partial charge in [0.05, 0.1) is 22.3 Å². The summed E-state index contributed by atoms with van der Waals surface area (Å²) in [6, 6.07) is 11.7. The van der Waals surface area contributed by atoms with E-state index in [0.29, 0.717) is 11.3 Å². The minimum atomic E-state index is -1.09. The first-order valence-corrected chi connectivity index (χ1v) is 8.70. The molecule has 7 nitrogen and oxygen atoms in total. The van der Waals surface area contributed by atoms with Crippen molar-refractivity contribution >= 4 is 28.9 Å². The van der Waals surface area contributed by atoms with E-state index in [9.17, 15) is 14.4 Å². The highest BCUT2D eigenvalue weighted by Gasteiger charge is 2.27. The van der Waals surface area contributed by atoms with E-state index in [-0.39, 0.29) is 6.42 Å². The average molecular weight is 368 g/mol. The molecule has 3 aromatic rings. The Kier molecular flexibility index (Phi) is 5.23. The summed E-state index contributed by atoms with van der Waals surface area (Å²) in [6.07, 6.45) is 1.55. The van der Waals surface area contributed by atoms with Gasteiger partial charge in [-0.25, -0.2) is 0 Å². The predicted molar refractivity (Wildman–Crippen MR) is 97.5 cm³/mol. The van der Waals surface area contributed by atoms with E-state index in [1.54, 1.807) is 0 Å². The Morgan fingerprint density at radius 3 is 2.58 bits per heavy atom. The molecule has 0 fully saturated rings. The van der Waals surface area contributed by atoms with Crippen molar-refractivity contribution in [3.8, 4) is 10.6 Å². The van der Waals surface area contributed by atoms with Crippen LogP contribution in [0, 0.1) is 0 Å². The molecule has 0 saturated heterocycles. The van der Waals surface area contributed by atoms with E-state index in [4.69, 9.17) is 5.73 Å². The third kappa shape index (κ3) is 3.86. The number of hydrogen-bond donors (Lipinski definition) is 3. The number of carbonyl (C=O) groups excluding carboxylic acids is 3. The lowest BCUT2D eigenvalue weighted by atomic mass is 10.0. The van der Waals surface area contributed by atoms with E-state index in [1.807, 2.05) is 47.8 Å². The van der Waals surface area contributed by atoms with Crippen LogP contribution in [0.1, 0.15) is 15.9 Å². The Hall–Kier alpha value is -3.26. The number of nitrogens with one attached hydrogen (secondary N) is 2. The first-order valence-electron chi connectivity index (χ1n) is 7.82. The van der Waals surface area contributed by atoms with Gasteiger partial charge in [0.25, 0.3) is 11.8 Å². The average Bonchev–Trinajstić information content (AvgIpc) is 3.32. The second kappa shape index (κ2) is 7.75. The van der Waals surface area contributed by atoms with E-state index in [2.05, 4.69) is 15.5 Å². The van der Waals surface area contributed by atoms with Crippen LogP contribution >= 0.6 is 11.3 Å². The highest BCUT2D eigenvalue weighted by atomic mass is 32.1. The van der Waals surface area contributed by atoms with Crippen molar-refractivity contribution in [3.05, 3.63) is 65.2 Å². The van der Waals surface area contributed by atoms with Gasteiger partial charge < -0.3 is 11.1 Å². The molecule has 0 spiro atoms. The number of nitrogens with two attached hydrogens (primary N) is 1. The molecule has 4 N–H and O–H groups in total. The summed E-state index contributed by atoms with van der Waals surface area (Å²) in [5, 5.41) is 11.2. The number of aromatic amines is 1. The van der Waals surface area contributed by atoms with Crippen LogP contribution in [-0.4, -0.2) is 33.8 Å². The third-order valence-corrected chi connectivity index (χ3v) is 4.69. The Labute approximate surface area is 153 Å². The Bertz CT molecular complexity index is 919. The lowest BCUT2D eigenvalue weighted by Gasteiger charge is -2.16. The van der Waals surface area contributed by atoms with Crippen molar-refractivity contribution in [3.63, 3.8) is 0 Å². The first-order chi connectivity index (χ1) is 12.6. The molecule has 1 unspecified atom stereocenters. The van der Waals surface area contributed by atoms with Crippen molar-refractivity contribution in [2.24, 2.45) is 5.73 Å². The number of thiophene rings is 1. The van der Waals surface area contributed by atoms with Crippen molar-refractivity contribution in [1.82, 2.24) is 15.5 Å². The molecular formula is C18H16N4O3S. The normalized spacial score (nSPS) is 11.7. The van der Waals surface area contributed by atoms with Crippen LogP contribution in [0.25, 0.3) is 10.6 Å². The van der Waals surface area contributed by atoms with Gasteiger partial charge in [-0.15, -0.1) is 11.3 Å². The Balaban J connectivity index is 1.83. The minimum absolute atomic E-state index is 0.167. The fraction of sp³-hybridized carbons (Fsp3) is 0.111. The number of rotatable bonds is 7. The van der Waals surface area contributed by atoms with Crippen LogP contribution in [0.15, 0.2) is 54.0 Å². The number of amides is 2. The lowest BCUT2D eigenvalue weighted by Crippen LogP contribution is -2.47. The van der Waals surface area contributed by atoms with Gasteiger partial charge in [0.2, 0.25) is 5.78 Å². The van der Waals surface area contributed by atoms with E-state index in [0.717, 1.165) is 10.4 Å². The number of nitrogens with zero attached hydrogens (tertiary/aromatic N) is 1. The number of benzene rings is 1. The second-order valence-electron chi connectivity index (χ2n) is 5.58. The number of carbonyl (C=O) groups is 3. The maximum atomic E-state index is 12.7. The molecule has 0 aliphatic heterocycles. The number of H-pyrrole nitrogens is 1. The Morgan fingerprint density at radius 1 is 1.15 bits per heavy atom. The summed E-state index contributed by atoms with van der Waals surface area (Å²) in [6.45, 7) is 0. The second-order valence-corrected chi connectivity index (χ2v) is 6.53. The number of Topliss-reactive ketones (excluding diaryl/α,β-unsaturated/α-hetero) is 1. The zero-order valence-electron chi connectivity index (χ0n) is 13.6. The quantitative estimate of drug-likeness (QED) is 0.548. The largest absolute Gasteiger partial charge is 0.363 e. The van der Waals surface area contributed by atoms with Crippen molar-refractivity contribution in [2.75, 3.05) is 0 Å². The predicted octanol–water partition coefficient (Wildman–Crippen LogP) is 1.53. The fourth-order valence-corrected chi connectivity index (χ4v) is 3.27. The van der Waals surface area contributed by atoms with Crippen molar-refractivity contribution in [1.29, 1.82) is 0 Å². The Morgan fingerprint density at radius 2 is 1.92 bits per heavy atom.